The molecule has 1 aromatic carbocycles. The largest absolute Gasteiger partial charge is 0.357 e. The Morgan fingerprint density at radius 2 is 2.07 bits per heavy atom. The third-order valence-electron chi connectivity index (χ3n) is 2.22. The summed E-state index contributed by atoms with van der Waals surface area (Å²) in [5.41, 5.74) is 2.16. The van der Waals surface area contributed by atoms with E-state index < -0.39 is 0 Å². The summed E-state index contributed by atoms with van der Waals surface area (Å²) >= 11 is 11.8. The molecule has 2 rings (SSSR count). The van der Waals surface area contributed by atoms with Crippen LogP contribution in [0.1, 0.15) is 16.1 Å². The first kappa shape index (κ1) is 9.56. The van der Waals surface area contributed by atoms with E-state index in [-0.39, 0.29) is 0 Å². The second-order valence-electron chi connectivity index (χ2n) is 3.07. The van der Waals surface area contributed by atoms with Crippen molar-refractivity contribution >= 4 is 40.4 Å². The summed E-state index contributed by atoms with van der Waals surface area (Å²) in [6, 6.07) is 3.48. The lowest BCUT2D eigenvalue weighted by molar-refractivity contribution is 0.112. The number of aromatic nitrogens is 1. The Morgan fingerprint density at radius 3 is 2.71 bits per heavy atom. The van der Waals surface area contributed by atoms with Crippen LogP contribution in [0.4, 0.5) is 0 Å². The monoisotopic (exact) mass is 227 g/mol. The van der Waals surface area contributed by atoms with Crippen LogP contribution in [0.2, 0.25) is 10.0 Å². The molecule has 0 spiro atoms. The number of H-pyrrole nitrogens is 1. The molecule has 0 atom stereocenters. The molecular formula is C10H7Cl2NO. The van der Waals surface area contributed by atoms with E-state index in [1.165, 1.54) is 0 Å². The minimum absolute atomic E-state index is 0.459. The predicted octanol–water partition coefficient (Wildman–Crippen LogP) is 3.60. The van der Waals surface area contributed by atoms with Crippen LogP contribution in [0.3, 0.4) is 0 Å². The molecule has 0 saturated heterocycles. The number of rotatable bonds is 1. The minimum Gasteiger partial charge on any atom is -0.357 e. The average Bonchev–Trinajstić information content (AvgIpc) is 2.49. The van der Waals surface area contributed by atoms with E-state index in [1.54, 1.807) is 12.1 Å². The number of aromatic amines is 1. The number of hydrogen-bond donors (Lipinski definition) is 1. The summed E-state index contributed by atoms with van der Waals surface area (Å²) in [7, 11) is 0. The zero-order valence-electron chi connectivity index (χ0n) is 7.40. The molecule has 0 radical (unpaired) electrons. The highest BCUT2D eigenvalue weighted by molar-refractivity contribution is 6.45. The molecule has 1 aromatic heterocycles. The van der Waals surface area contributed by atoms with E-state index in [9.17, 15) is 4.79 Å². The van der Waals surface area contributed by atoms with Crippen molar-refractivity contribution in [3.8, 4) is 0 Å². The van der Waals surface area contributed by atoms with Gasteiger partial charge in [-0.05, 0) is 13.0 Å². The third kappa shape index (κ3) is 1.22. The normalized spacial score (nSPS) is 10.8. The van der Waals surface area contributed by atoms with E-state index in [0.717, 1.165) is 22.9 Å². The van der Waals surface area contributed by atoms with Crippen LogP contribution in [0.25, 0.3) is 10.9 Å². The van der Waals surface area contributed by atoms with Crippen molar-refractivity contribution in [2.45, 2.75) is 6.92 Å². The van der Waals surface area contributed by atoms with Gasteiger partial charge in [0.15, 0.2) is 6.29 Å². The lowest BCUT2D eigenvalue weighted by atomic mass is 10.1. The molecule has 0 bridgehead atoms. The third-order valence-corrected chi connectivity index (χ3v) is 3.02. The van der Waals surface area contributed by atoms with Crippen LogP contribution in [-0.4, -0.2) is 11.3 Å². The summed E-state index contributed by atoms with van der Waals surface area (Å²) in [5.74, 6) is 0. The number of aldehydes is 1. The van der Waals surface area contributed by atoms with E-state index >= 15 is 0 Å². The Kier molecular flexibility index (Phi) is 2.25. The van der Waals surface area contributed by atoms with Gasteiger partial charge >= 0.3 is 0 Å². The van der Waals surface area contributed by atoms with Crippen LogP contribution >= 0.6 is 23.2 Å². The average molecular weight is 228 g/mol. The fraction of sp³-hybridized carbons (Fsp3) is 0.100. The number of nitrogens with one attached hydrogen (secondary N) is 1. The molecule has 0 fully saturated rings. The molecule has 72 valence electrons. The lowest BCUT2D eigenvalue weighted by Gasteiger charge is -1.96. The number of fused-ring (bicyclic) bond motifs is 1. The molecule has 0 aliphatic heterocycles. The van der Waals surface area contributed by atoms with Crippen molar-refractivity contribution in [3.05, 3.63) is 33.4 Å². The van der Waals surface area contributed by atoms with Gasteiger partial charge in [-0.3, -0.25) is 4.79 Å². The Balaban J connectivity index is 2.93. The molecule has 4 heteroatoms. The van der Waals surface area contributed by atoms with Crippen molar-refractivity contribution in [2.75, 3.05) is 0 Å². The quantitative estimate of drug-likeness (QED) is 0.743. The highest BCUT2D eigenvalue weighted by Gasteiger charge is 2.11. The van der Waals surface area contributed by atoms with Crippen molar-refractivity contribution < 1.29 is 4.79 Å². The molecule has 0 aliphatic carbocycles. The number of carbonyl (C=O) groups excluding carboxylic acids is 1. The molecule has 14 heavy (non-hydrogen) atoms. The van der Waals surface area contributed by atoms with Crippen molar-refractivity contribution in [1.29, 1.82) is 0 Å². The molecule has 1 heterocycles. The lowest BCUT2D eigenvalue weighted by Crippen LogP contribution is -1.79. The highest BCUT2D eigenvalue weighted by Crippen LogP contribution is 2.32. The van der Waals surface area contributed by atoms with Gasteiger partial charge in [0.2, 0.25) is 0 Å². The molecule has 0 unspecified atom stereocenters. The summed E-state index contributed by atoms with van der Waals surface area (Å²) in [4.78, 5) is 13.8. The summed E-state index contributed by atoms with van der Waals surface area (Å²) < 4.78 is 0. The summed E-state index contributed by atoms with van der Waals surface area (Å²) in [6.45, 7) is 1.83. The van der Waals surface area contributed by atoms with Crippen LogP contribution in [0.5, 0.6) is 0 Å². The van der Waals surface area contributed by atoms with Gasteiger partial charge in [-0.2, -0.15) is 0 Å². The van der Waals surface area contributed by atoms with Crippen molar-refractivity contribution in [1.82, 2.24) is 4.98 Å². The number of benzene rings is 1. The SMILES string of the molecule is Cc1[nH]c2c(Cl)c(Cl)ccc2c1C=O. The number of hydrogen-bond acceptors (Lipinski definition) is 1. The van der Waals surface area contributed by atoms with Crippen molar-refractivity contribution in [3.63, 3.8) is 0 Å². The zero-order chi connectivity index (χ0) is 10.3. The van der Waals surface area contributed by atoms with Gasteiger partial charge in [0.25, 0.3) is 0 Å². The van der Waals surface area contributed by atoms with E-state index in [0.29, 0.717) is 15.6 Å². The Bertz CT molecular complexity index is 516. The predicted molar refractivity (Wildman–Crippen MR) is 58.4 cm³/mol. The topological polar surface area (TPSA) is 32.9 Å². The molecule has 0 saturated carbocycles. The first-order valence-corrected chi connectivity index (χ1v) is 4.82. The number of halogens is 2. The van der Waals surface area contributed by atoms with Gasteiger partial charge in [-0.15, -0.1) is 0 Å². The number of carbonyl (C=O) groups is 1. The van der Waals surface area contributed by atoms with Crippen LogP contribution < -0.4 is 0 Å². The maximum Gasteiger partial charge on any atom is 0.152 e. The van der Waals surface area contributed by atoms with Gasteiger partial charge in [0, 0.05) is 16.6 Å². The Hall–Kier alpha value is -0.990. The fourth-order valence-corrected chi connectivity index (χ4v) is 1.88. The standard InChI is InChI=1S/C10H7Cl2NO/c1-5-7(4-14)6-2-3-8(11)9(12)10(6)13-5/h2-4,13H,1H3. The van der Waals surface area contributed by atoms with E-state index in [4.69, 9.17) is 23.2 Å². The van der Waals surface area contributed by atoms with E-state index in [1.807, 2.05) is 6.92 Å². The van der Waals surface area contributed by atoms with Gasteiger partial charge in [0.1, 0.15) is 0 Å². The second-order valence-corrected chi connectivity index (χ2v) is 3.85. The molecule has 0 aliphatic rings. The Labute approximate surface area is 90.8 Å². The van der Waals surface area contributed by atoms with Crippen LogP contribution in [0, 0.1) is 6.92 Å². The first-order chi connectivity index (χ1) is 6.65. The van der Waals surface area contributed by atoms with Crippen molar-refractivity contribution in [2.24, 2.45) is 0 Å². The zero-order valence-corrected chi connectivity index (χ0v) is 8.91. The summed E-state index contributed by atoms with van der Waals surface area (Å²) in [6.07, 6.45) is 0.818. The van der Waals surface area contributed by atoms with Gasteiger partial charge in [-0.1, -0.05) is 29.3 Å². The maximum absolute atomic E-state index is 10.8. The van der Waals surface area contributed by atoms with Gasteiger partial charge in [0.05, 0.1) is 15.6 Å². The summed E-state index contributed by atoms with van der Waals surface area (Å²) in [5, 5.41) is 1.75. The fourth-order valence-electron chi connectivity index (χ4n) is 1.51. The maximum atomic E-state index is 10.8. The van der Waals surface area contributed by atoms with Crippen LogP contribution in [-0.2, 0) is 0 Å². The molecule has 0 amide bonds. The van der Waals surface area contributed by atoms with E-state index in [2.05, 4.69) is 4.98 Å². The minimum atomic E-state index is 0.459. The molecule has 2 aromatic rings. The van der Waals surface area contributed by atoms with Gasteiger partial charge < -0.3 is 4.98 Å². The Morgan fingerprint density at radius 1 is 1.36 bits per heavy atom. The van der Waals surface area contributed by atoms with Crippen LogP contribution in [0.15, 0.2) is 12.1 Å². The highest BCUT2D eigenvalue weighted by atomic mass is 35.5. The smallest absolute Gasteiger partial charge is 0.152 e. The molecular weight excluding hydrogens is 221 g/mol. The molecule has 2 nitrogen and oxygen atoms in total. The molecule has 1 N–H and O–H groups in total. The number of aryl methyl sites for hydroxylation is 1. The first-order valence-electron chi connectivity index (χ1n) is 4.06. The second kappa shape index (κ2) is 3.30. The van der Waals surface area contributed by atoms with Gasteiger partial charge in [-0.25, -0.2) is 0 Å².